The summed E-state index contributed by atoms with van der Waals surface area (Å²) in [6.07, 6.45) is 1.28. The van der Waals surface area contributed by atoms with Gasteiger partial charge in [0.25, 0.3) is 0 Å². The van der Waals surface area contributed by atoms with Gasteiger partial charge in [0, 0.05) is 13.2 Å². The molecule has 1 N–H and O–H groups in total. The highest BCUT2D eigenvalue weighted by molar-refractivity contribution is 5.86. The van der Waals surface area contributed by atoms with Crippen molar-refractivity contribution >= 4 is 5.91 Å². The van der Waals surface area contributed by atoms with Crippen molar-refractivity contribution < 1.29 is 19.0 Å². The van der Waals surface area contributed by atoms with Crippen LogP contribution in [0.4, 0.5) is 0 Å². The molecule has 3 unspecified atom stereocenters. The summed E-state index contributed by atoms with van der Waals surface area (Å²) < 4.78 is 16.5. The Morgan fingerprint density at radius 3 is 2.16 bits per heavy atom. The van der Waals surface area contributed by atoms with E-state index in [1.165, 1.54) is 6.08 Å². The largest absolute Gasteiger partial charge is 0.376 e. The second-order valence-electron chi connectivity index (χ2n) is 4.50. The lowest BCUT2D eigenvalue weighted by atomic mass is 10.3. The van der Waals surface area contributed by atoms with Gasteiger partial charge in [-0.15, -0.1) is 0 Å². The predicted octanol–water partition coefficient (Wildman–Crippen LogP) is 1.52. The Morgan fingerprint density at radius 1 is 1.11 bits per heavy atom. The molecule has 5 heteroatoms. The van der Waals surface area contributed by atoms with E-state index in [2.05, 4.69) is 11.9 Å². The van der Waals surface area contributed by atoms with Crippen LogP contribution in [0.5, 0.6) is 0 Å². The van der Waals surface area contributed by atoms with Gasteiger partial charge in [0.2, 0.25) is 5.91 Å². The van der Waals surface area contributed by atoms with Gasteiger partial charge >= 0.3 is 0 Å². The summed E-state index contributed by atoms with van der Waals surface area (Å²) in [5, 5.41) is 2.68. The van der Waals surface area contributed by atoms with Gasteiger partial charge in [-0.1, -0.05) is 6.58 Å². The van der Waals surface area contributed by atoms with Gasteiger partial charge in [0.1, 0.15) is 0 Å². The van der Waals surface area contributed by atoms with Crippen molar-refractivity contribution in [1.82, 2.24) is 5.32 Å². The minimum Gasteiger partial charge on any atom is -0.376 e. The second-order valence-corrected chi connectivity index (χ2v) is 4.50. The van der Waals surface area contributed by atoms with Crippen molar-refractivity contribution in [2.75, 3.05) is 26.4 Å². The van der Waals surface area contributed by atoms with E-state index < -0.39 is 0 Å². The first-order chi connectivity index (χ1) is 8.99. The van der Waals surface area contributed by atoms with Crippen LogP contribution in [0.1, 0.15) is 27.7 Å². The number of hydrogen-bond acceptors (Lipinski definition) is 4. The molecule has 0 aromatic heterocycles. The fraction of sp³-hybridized carbons (Fsp3) is 0.786. The van der Waals surface area contributed by atoms with Crippen LogP contribution in [-0.4, -0.2) is 50.6 Å². The minimum atomic E-state index is -0.190. The van der Waals surface area contributed by atoms with E-state index in [-0.39, 0.29) is 24.2 Å². The molecule has 0 aliphatic rings. The molecule has 5 nitrogen and oxygen atoms in total. The maximum atomic E-state index is 11.0. The van der Waals surface area contributed by atoms with E-state index >= 15 is 0 Å². The lowest BCUT2D eigenvalue weighted by Gasteiger charge is -2.19. The number of rotatable bonds is 11. The van der Waals surface area contributed by atoms with Crippen LogP contribution >= 0.6 is 0 Å². The molecule has 0 aliphatic heterocycles. The SMILES string of the molecule is C=CC(=O)NCC(C)OCC(C)OCC(C)OCC. The lowest BCUT2D eigenvalue weighted by molar-refractivity contribution is -0.117. The number of amides is 1. The highest BCUT2D eigenvalue weighted by atomic mass is 16.6. The molecule has 0 bridgehead atoms. The Bertz CT molecular complexity index is 258. The van der Waals surface area contributed by atoms with Gasteiger partial charge in [-0.2, -0.15) is 0 Å². The fourth-order valence-electron chi connectivity index (χ4n) is 1.36. The highest BCUT2D eigenvalue weighted by Gasteiger charge is 2.09. The number of ether oxygens (including phenoxy) is 3. The van der Waals surface area contributed by atoms with Crippen LogP contribution in [0, 0.1) is 0 Å². The third kappa shape index (κ3) is 10.7. The van der Waals surface area contributed by atoms with E-state index in [1.807, 2.05) is 27.7 Å². The summed E-state index contributed by atoms with van der Waals surface area (Å²) in [5.74, 6) is -0.190. The molecule has 112 valence electrons. The zero-order valence-corrected chi connectivity index (χ0v) is 12.5. The Morgan fingerprint density at radius 2 is 1.63 bits per heavy atom. The zero-order valence-electron chi connectivity index (χ0n) is 12.5. The second kappa shape index (κ2) is 11.0. The fourth-order valence-corrected chi connectivity index (χ4v) is 1.36. The van der Waals surface area contributed by atoms with Crippen LogP contribution in [-0.2, 0) is 19.0 Å². The van der Waals surface area contributed by atoms with Crippen LogP contribution in [0.15, 0.2) is 12.7 Å². The number of carbonyl (C=O) groups excluding carboxylic acids is 1. The smallest absolute Gasteiger partial charge is 0.243 e. The summed E-state index contributed by atoms with van der Waals surface area (Å²) in [6.45, 7) is 13.4. The molecule has 0 aliphatic carbocycles. The van der Waals surface area contributed by atoms with Crippen molar-refractivity contribution in [3.63, 3.8) is 0 Å². The van der Waals surface area contributed by atoms with Crippen molar-refractivity contribution in [2.24, 2.45) is 0 Å². The predicted molar refractivity (Wildman–Crippen MR) is 75.1 cm³/mol. The number of hydrogen-bond donors (Lipinski definition) is 1. The molecule has 0 saturated carbocycles. The summed E-state index contributed by atoms with van der Waals surface area (Å²) in [4.78, 5) is 11.0. The molecule has 19 heavy (non-hydrogen) atoms. The third-order valence-corrected chi connectivity index (χ3v) is 2.43. The van der Waals surface area contributed by atoms with Gasteiger partial charge < -0.3 is 19.5 Å². The molecular weight excluding hydrogens is 246 g/mol. The monoisotopic (exact) mass is 273 g/mol. The Hall–Kier alpha value is -0.910. The van der Waals surface area contributed by atoms with E-state index in [0.717, 1.165) is 0 Å². The van der Waals surface area contributed by atoms with Gasteiger partial charge in [0.15, 0.2) is 0 Å². The van der Waals surface area contributed by atoms with E-state index in [0.29, 0.717) is 26.4 Å². The summed E-state index contributed by atoms with van der Waals surface area (Å²) in [7, 11) is 0. The van der Waals surface area contributed by atoms with E-state index in [4.69, 9.17) is 14.2 Å². The van der Waals surface area contributed by atoms with Gasteiger partial charge in [0.05, 0.1) is 31.5 Å². The first-order valence-electron chi connectivity index (χ1n) is 6.74. The van der Waals surface area contributed by atoms with Crippen molar-refractivity contribution in [3.05, 3.63) is 12.7 Å². The molecule has 0 saturated heterocycles. The molecule has 0 aromatic rings. The standard InChI is InChI=1S/C14H27NO4/c1-6-14(16)15-8-11(3)18-10-13(5)19-9-12(4)17-7-2/h6,11-13H,1,7-10H2,2-5H3,(H,15,16). The summed E-state index contributed by atoms with van der Waals surface area (Å²) >= 11 is 0. The maximum absolute atomic E-state index is 11.0. The van der Waals surface area contributed by atoms with Gasteiger partial charge in [-0.25, -0.2) is 0 Å². The normalized spacial score (nSPS) is 15.6. The topological polar surface area (TPSA) is 56.8 Å². The zero-order chi connectivity index (χ0) is 14.7. The molecular formula is C14H27NO4. The minimum absolute atomic E-state index is 0.000428. The Labute approximate surface area is 116 Å². The van der Waals surface area contributed by atoms with E-state index in [1.54, 1.807) is 0 Å². The maximum Gasteiger partial charge on any atom is 0.243 e. The van der Waals surface area contributed by atoms with E-state index in [9.17, 15) is 4.79 Å². The lowest BCUT2D eigenvalue weighted by Crippen LogP contribution is -2.33. The molecule has 1 amide bonds. The first kappa shape index (κ1) is 18.1. The Balaban J connectivity index is 3.62. The highest BCUT2D eigenvalue weighted by Crippen LogP contribution is 1.99. The molecule has 0 spiro atoms. The average Bonchev–Trinajstić information content (AvgIpc) is 2.40. The summed E-state index contributed by atoms with van der Waals surface area (Å²) in [6, 6.07) is 0. The van der Waals surface area contributed by atoms with Crippen LogP contribution in [0.25, 0.3) is 0 Å². The van der Waals surface area contributed by atoms with Gasteiger partial charge in [-0.3, -0.25) is 4.79 Å². The molecule has 0 rings (SSSR count). The average molecular weight is 273 g/mol. The Kier molecular flexibility index (Phi) is 10.4. The van der Waals surface area contributed by atoms with Crippen LogP contribution in [0.3, 0.4) is 0 Å². The molecule has 0 aromatic carbocycles. The van der Waals surface area contributed by atoms with Crippen LogP contribution in [0.2, 0.25) is 0 Å². The van der Waals surface area contributed by atoms with Crippen molar-refractivity contribution in [3.8, 4) is 0 Å². The number of carbonyl (C=O) groups is 1. The molecule has 0 heterocycles. The number of nitrogens with one attached hydrogen (secondary N) is 1. The summed E-state index contributed by atoms with van der Waals surface area (Å²) in [5.41, 5.74) is 0. The molecule has 3 atom stereocenters. The van der Waals surface area contributed by atoms with Crippen molar-refractivity contribution in [1.29, 1.82) is 0 Å². The first-order valence-corrected chi connectivity index (χ1v) is 6.74. The molecule has 0 fully saturated rings. The quantitative estimate of drug-likeness (QED) is 0.580. The molecule has 0 radical (unpaired) electrons. The third-order valence-electron chi connectivity index (χ3n) is 2.43. The van der Waals surface area contributed by atoms with Crippen LogP contribution < -0.4 is 5.32 Å². The van der Waals surface area contributed by atoms with Gasteiger partial charge in [-0.05, 0) is 33.8 Å². The van der Waals surface area contributed by atoms with Crippen molar-refractivity contribution in [2.45, 2.75) is 46.0 Å².